The highest BCUT2D eigenvalue weighted by atomic mass is 79.9. The normalized spacial score (nSPS) is 10.0. The molecule has 0 spiro atoms. The molecule has 2 amide bonds. The number of amides is 2. The molecule has 0 aliphatic rings. The van der Waals surface area contributed by atoms with E-state index < -0.39 is 11.8 Å². The number of hydrogen-bond donors (Lipinski definition) is 2. The summed E-state index contributed by atoms with van der Waals surface area (Å²) in [4.78, 5) is 23.5. The Bertz CT molecular complexity index is 720. The minimum absolute atomic E-state index is 0.206. The van der Waals surface area contributed by atoms with Crippen LogP contribution in [0.1, 0.15) is 15.9 Å². The van der Waals surface area contributed by atoms with Gasteiger partial charge in [-0.2, -0.15) is 0 Å². The first-order valence-electron chi connectivity index (χ1n) is 6.69. The van der Waals surface area contributed by atoms with Crippen LogP contribution >= 0.6 is 27.5 Å². The first kappa shape index (κ1) is 17.3. The molecule has 0 unspecified atom stereocenters. The van der Waals surface area contributed by atoms with Crippen molar-refractivity contribution in [2.75, 3.05) is 6.61 Å². The maximum atomic E-state index is 11.8. The average molecular weight is 398 g/mol. The second-order valence-corrected chi connectivity index (χ2v) is 6.00. The number of benzene rings is 2. The third-order valence-corrected chi connectivity index (χ3v) is 4.06. The van der Waals surface area contributed by atoms with Crippen LogP contribution < -0.4 is 15.6 Å². The topological polar surface area (TPSA) is 67.4 Å². The number of halogens is 2. The van der Waals surface area contributed by atoms with E-state index >= 15 is 0 Å². The molecule has 2 rings (SSSR count). The molecule has 0 radical (unpaired) electrons. The summed E-state index contributed by atoms with van der Waals surface area (Å²) in [6.07, 6.45) is 0. The van der Waals surface area contributed by atoms with Crippen LogP contribution in [0.15, 0.2) is 46.9 Å². The lowest BCUT2D eigenvalue weighted by Gasteiger charge is -2.09. The van der Waals surface area contributed by atoms with Gasteiger partial charge in [0.1, 0.15) is 5.75 Å². The van der Waals surface area contributed by atoms with Gasteiger partial charge >= 0.3 is 0 Å². The maximum Gasteiger partial charge on any atom is 0.276 e. The van der Waals surface area contributed by atoms with Crippen LogP contribution in [-0.4, -0.2) is 18.4 Å². The number of hydrogen-bond acceptors (Lipinski definition) is 3. The summed E-state index contributed by atoms with van der Waals surface area (Å²) in [6.45, 7) is 1.71. The Hall–Kier alpha value is -2.05. The highest BCUT2D eigenvalue weighted by molar-refractivity contribution is 9.10. The second kappa shape index (κ2) is 7.99. The Morgan fingerprint density at radius 3 is 2.48 bits per heavy atom. The Morgan fingerprint density at radius 1 is 1.13 bits per heavy atom. The van der Waals surface area contributed by atoms with Crippen molar-refractivity contribution in [3.63, 3.8) is 0 Å². The average Bonchev–Trinajstić information content (AvgIpc) is 2.54. The van der Waals surface area contributed by atoms with Gasteiger partial charge in [-0.05, 0) is 55.0 Å². The van der Waals surface area contributed by atoms with Crippen molar-refractivity contribution in [2.24, 2.45) is 0 Å². The Labute approximate surface area is 147 Å². The highest BCUT2D eigenvalue weighted by Gasteiger charge is 2.08. The van der Waals surface area contributed by atoms with Crippen LogP contribution in [0.4, 0.5) is 0 Å². The van der Waals surface area contributed by atoms with E-state index in [9.17, 15) is 9.59 Å². The molecule has 0 saturated heterocycles. The molecule has 0 aliphatic heterocycles. The first-order chi connectivity index (χ1) is 11.0. The summed E-state index contributed by atoms with van der Waals surface area (Å²) in [6, 6.07) is 11.7. The molecule has 0 atom stereocenters. The zero-order chi connectivity index (χ0) is 16.8. The zero-order valence-corrected chi connectivity index (χ0v) is 14.6. The lowest BCUT2D eigenvalue weighted by Crippen LogP contribution is -2.43. The standard InChI is InChI=1S/C16H14BrClN2O3/c1-10-8-13(6-7-14(10)17)23-9-15(21)19-20-16(22)11-2-4-12(18)5-3-11/h2-8H,9H2,1H3,(H,19,21)(H,20,22). The minimum atomic E-state index is -0.465. The van der Waals surface area contributed by atoms with Crippen molar-refractivity contribution in [1.29, 1.82) is 0 Å². The molecule has 2 aromatic rings. The van der Waals surface area contributed by atoms with E-state index in [0.717, 1.165) is 10.0 Å². The van der Waals surface area contributed by atoms with E-state index in [-0.39, 0.29) is 6.61 Å². The van der Waals surface area contributed by atoms with Crippen LogP contribution in [0.2, 0.25) is 5.02 Å². The third-order valence-electron chi connectivity index (χ3n) is 2.92. The molecular formula is C16H14BrClN2O3. The van der Waals surface area contributed by atoms with E-state index in [1.165, 1.54) is 0 Å². The van der Waals surface area contributed by atoms with Gasteiger partial charge in [0, 0.05) is 15.1 Å². The van der Waals surface area contributed by atoms with Crippen LogP contribution in [0.25, 0.3) is 0 Å². The molecule has 23 heavy (non-hydrogen) atoms. The maximum absolute atomic E-state index is 11.8. The Balaban J connectivity index is 1.79. The summed E-state index contributed by atoms with van der Waals surface area (Å²) >= 11 is 9.13. The van der Waals surface area contributed by atoms with Crippen molar-refractivity contribution < 1.29 is 14.3 Å². The van der Waals surface area contributed by atoms with Gasteiger partial charge in [-0.1, -0.05) is 27.5 Å². The van der Waals surface area contributed by atoms with Gasteiger partial charge in [0.2, 0.25) is 0 Å². The smallest absolute Gasteiger partial charge is 0.276 e. The number of carbonyl (C=O) groups excluding carboxylic acids is 2. The van der Waals surface area contributed by atoms with Gasteiger partial charge in [0.15, 0.2) is 6.61 Å². The molecule has 5 nitrogen and oxygen atoms in total. The van der Waals surface area contributed by atoms with Gasteiger partial charge in [-0.15, -0.1) is 0 Å². The molecule has 2 aromatic carbocycles. The van der Waals surface area contributed by atoms with Gasteiger partial charge in [0.25, 0.3) is 11.8 Å². The SMILES string of the molecule is Cc1cc(OCC(=O)NNC(=O)c2ccc(Cl)cc2)ccc1Br. The molecule has 0 aromatic heterocycles. The Morgan fingerprint density at radius 2 is 1.83 bits per heavy atom. The number of aryl methyl sites for hydroxylation is 1. The number of carbonyl (C=O) groups is 2. The van der Waals surface area contributed by atoms with E-state index in [1.807, 2.05) is 19.1 Å². The van der Waals surface area contributed by atoms with Gasteiger partial charge in [0.05, 0.1) is 0 Å². The number of nitrogens with one attached hydrogen (secondary N) is 2. The summed E-state index contributed by atoms with van der Waals surface area (Å²) in [7, 11) is 0. The summed E-state index contributed by atoms with van der Waals surface area (Å²) in [5.74, 6) is -0.327. The zero-order valence-electron chi connectivity index (χ0n) is 12.2. The summed E-state index contributed by atoms with van der Waals surface area (Å²) < 4.78 is 6.32. The number of hydrazine groups is 1. The molecule has 0 heterocycles. The molecule has 0 saturated carbocycles. The molecule has 0 aliphatic carbocycles. The minimum Gasteiger partial charge on any atom is -0.484 e. The third kappa shape index (κ3) is 5.26. The summed E-state index contributed by atoms with van der Waals surface area (Å²) in [5, 5.41) is 0.531. The first-order valence-corrected chi connectivity index (χ1v) is 7.86. The van der Waals surface area contributed by atoms with E-state index in [4.69, 9.17) is 16.3 Å². The van der Waals surface area contributed by atoms with Crippen molar-refractivity contribution >= 4 is 39.3 Å². The summed E-state index contributed by atoms with van der Waals surface area (Å²) in [5.41, 5.74) is 5.98. The molecule has 2 N–H and O–H groups in total. The fourth-order valence-electron chi connectivity index (χ4n) is 1.69. The van der Waals surface area contributed by atoms with E-state index in [0.29, 0.717) is 16.3 Å². The molecule has 7 heteroatoms. The van der Waals surface area contributed by atoms with Crippen LogP contribution in [0.5, 0.6) is 5.75 Å². The Kier molecular flexibility index (Phi) is 6.01. The number of ether oxygens (including phenoxy) is 1. The van der Waals surface area contributed by atoms with Crippen molar-refractivity contribution in [3.8, 4) is 5.75 Å². The van der Waals surface area contributed by atoms with Crippen molar-refractivity contribution in [1.82, 2.24) is 10.9 Å². The number of rotatable bonds is 4. The monoisotopic (exact) mass is 396 g/mol. The lowest BCUT2D eigenvalue weighted by molar-refractivity contribution is -0.123. The fraction of sp³-hybridized carbons (Fsp3) is 0.125. The van der Waals surface area contributed by atoms with Crippen LogP contribution in [0.3, 0.4) is 0 Å². The molecule has 0 fully saturated rings. The molecular weight excluding hydrogens is 384 g/mol. The molecule has 0 bridgehead atoms. The molecule has 120 valence electrons. The highest BCUT2D eigenvalue weighted by Crippen LogP contribution is 2.21. The van der Waals surface area contributed by atoms with Crippen molar-refractivity contribution in [3.05, 3.63) is 63.1 Å². The lowest BCUT2D eigenvalue weighted by atomic mass is 10.2. The van der Waals surface area contributed by atoms with Crippen molar-refractivity contribution in [2.45, 2.75) is 6.92 Å². The second-order valence-electron chi connectivity index (χ2n) is 4.71. The van der Waals surface area contributed by atoms with Gasteiger partial charge in [-0.3, -0.25) is 20.4 Å². The van der Waals surface area contributed by atoms with Gasteiger partial charge in [-0.25, -0.2) is 0 Å². The van der Waals surface area contributed by atoms with E-state index in [1.54, 1.807) is 30.3 Å². The predicted octanol–water partition coefficient (Wildman–Crippen LogP) is 3.25. The largest absolute Gasteiger partial charge is 0.484 e. The fourth-order valence-corrected chi connectivity index (χ4v) is 2.06. The predicted molar refractivity (Wildman–Crippen MR) is 91.4 cm³/mol. The van der Waals surface area contributed by atoms with E-state index in [2.05, 4.69) is 26.8 Å². The quantitative estimate of drug-likeness (QED) is 0.778. The van der Waals surface area contributed by atoms with Crippen LogP contribution in [0, 0.1) is 6.92 Å². The van der Waals surface area contributed by atoms with Crippen LogP contribution in [-0.2, 0) is 4.79 Å². The van der Waals surface area contributed by atoms with Gasteiger partial charge < -0.3 is 4.74 Å².